The van der Waals surface area contributed by atoms with Gasteiger partial charge >= 0.3 is 11.9 Å². The summed E-state index contributed by atoms with van der Waals surface area (Å²) in [5.74, 6) is -1.44. The molecule has 0 aromatic heterocycles. The van der Waals surface area contributed by atoms with Crippen LogP contribution in [0.3, 0.4) is 0 Å². The lowest BCUT2D eigenvalue weighted by molar-refractivity contribution is -0.130. The molecule has 1 N–H and O–H groups in total. The first-order valence-corrected chi connectivity index (χ1v) is 6.04. The maximum Gasteiger partial charge on any atom is 0.342 e. The summed E-state index contributed by atoms with van der Waals surface area (Å²) in [5.41, 5.74) is -0.513. The molecule has 0 aliphatic rings. The van der Waals surface area contributed by atoms with E-state index in [0.29, 0.717) is 0 Å². The van der Waals surface area contributed by atoms with Gasteiger partial charge < -0.3 is 14.6 Å². The van der Waals surface area contributed by atoms with E-state index in [0.717, 1.165) is 0 Å². The Bertz CT molecular complexity index is 552. The molecule has 108 valence electrons. The molecular formula is C15H18O5. The zero-order chi connectivity index (χ0) is 15.5. The van der Waals surface area contributed by atoms with Gasteiger partial charge in [-0.3, -0.25) is 0 Å². The number of rotatable bonds is 3. The van der Waals surface area contributed by atoms with Crippen LogP contribution in [0.5, 0.6) is 11.5 Å². The lowest BCUT2D eigenvalue weighted by Crippen LogP contribution is -2.24. The molecule has 0 saturated heterocycles. The third-order valence-electron chi connectivity index (χ3n) is 2.13. The molecule has 1 rings (SSSR count). The van der Waals surface area contributed by atoms with Crippen LogP contribution in [-0.2, 0) is 9.53 Å². The topological polar surface area (TPSA) is 72.8 Å². The Balaban J connectivity index is 3.11. The summed E-state index contributed by atoms with van der Waals surface area (Å²) < 4.78 is 10.2. The minimum atomic E-state index is -0.696. The van der Waals surface area contributed by atoms with Crippen LogP contribution in [0.4, 0.5) is 0 Å². The summed E-state index contributed by atoms with van der Waals surface area (Å²) in [6.07, 6.45) is 0. The minimum absolute atomic E-state index is 0.0186. The first-order valence-electron chi connectivity index (χ1n) is 6.04. The SMILES string of the molecule is C=C(C)C(=O)Oc1ccc(O)cc1C(=O)OC(C)(C)C. The van der Waals surface area contributed by atoms with Crippen molar-refractivity contribution in [3.63, 3.8) is 0 Å². The van der Waals surface area contributed by atoms with E-state index in [1.807, 2.05) is 0 Å². The number of ether oxygens (including phenoxy) is 2. The number of benzene rings is 1. The number of carbonyl (C=O) groups is 2. The van der Waals surface area contributed by atoms with Crippen molar-refractivity contribution in [1.29, 1.82) is 0 Å². The van der Waals surface area contributed by atoms with Crippen LogP contribution in [0.15, 0.2) is 30.4 Å². The monoisotopic (exact) mass is 278 g/mol. The van der Waals surface area contributed by atoms with Gasteiger partial charge in [0.1, 0.15) is 22.7 Å². The van der Waals surface area contributed by atoms with Crippen LogP contribution in [0, 0.1) is 0 Å². The molecule has 0 atom stereocenters. The Morgan fingerprint density at radius 2 is 1.85 bits per heavy atom. The molecule has 0 heterocycles. The standard InChI is InChI=1S/C15H18O5/c1-9(2)13(17)19-12-7-6-10(16)8-11(12)14(18)20-15(3,4)5/h6-8,16H,1H2,2-5H3. The predicted molar refractivity (Wildman–Crippen MR) is 73.7 cm³/mol. The van der Waals surface area contributed by atoms with Crippen molar-refractivity contribution >= 4 is 11.9 Å². The molecule has 0 saturated carbocycles. The fourth-order valence-electron chi connectivity index (χ4n) is 1.29. The van der Waals surface area contributed by atoms with Gasteiger partial charge in [-0.1, -0.05) is 6.58 Å². The maximum atomic E-state index is 12.0. The first-order chi connectivity index (χ1) is 9.10. The van der Waals surface area contributed by atoms with Gasteiger partial charge in [-0.2, -0.15) is 0 Å². The van der Waals surface area contributed by atoms with Gasteiger partial charge in [-0.25, -0.2) is 9.59 Å². The van der Waals surface area contributed by atoms with E-state index in [1.54, 1.807) is 20.8 Å². The summed E-state index contributed by atoms with van der Waals surface area (Å²) in [6.45, 7) is 10.1. The van der Waals surface area contributed by atoms with Crippen LogP contribution in [0.1, 0.15) is 38.1 Å². The molecule has 0 fully saturated rings. The molecule has 0 spiro atoms. The van der Waals surface area contributed by atoms with Crippen LogP contribution >= 0.6 is 0 Å². The average Bonchev–Trinajstić information content (AvgIpc) is 2.28. The summed E-state index contributed by atoms with van der Waals surface area (Å²) in [6, 6.07) is 3.83. The molecule has 0 amide bonds. The molecule has 0 radical (unpaired) electrons. The molecule has 0 unspecified atom stereocenters. The van der Waals surface area contributed by atoms with Crippen molar-refractivity contribution in [2.24, 2.45) is 0 Å². The third-order valence-corrected chi connectivity index (χ3v) is 2.13. The lowest BCUT2D eigenvalue weighted by Gasteiger charge is -2.20. The van der Waals surface area contributed by atoms with Crippen molar-refractivity contribution in [3.05, 3.63) is 35.9 Å². The second-order valence-corrected chi connectivity index (χ2v) is 5.35. The quantitative estimate of drug-likeness (QED) is 0.523. The van der Waals surface area contributed by atoms with E-state index in [4.69, 9.17) is 9.47 Å². The van der Waals surface area contributed by atoms with Crippen LogP contribution < -0.4 is 4.74 Å². The van der Waals surface area contributed by atoms with Crippen molar-refractivity contribution in [1.82, 2.24) is 0 Å². The second kappa shape index (κ2) is 5.77. The van der Waals surface area contributed by atoms with E-state index in [2.05, 4.69) is 6.58 Å². The molecule has 0 bridgehead atoms. The fraction of sp³-hybridized carbons (Fsp3) is 0.333. The Labute approximate surface area is 117 Å². The Morgan fingerprint density at radius 3 is 2.35 bits per heavy atom. The second-order valence-electron chi connectivity index (χ2n) is 5.35. The van der Waals surface area contributed by atoms with Gasteiger partial charge in [0.15, 0.2) is 0 Å². The predicted octanol–water partition coefficient (Wildman–Crippen LogP) is 2.83. The smallest absolute Gasteiger partial charge is 0.342 e. The van der Waals surface area contributed by atoms with E-state index in [1.165, 1.54) is 25.1 Å². The highest BCUT2D eigenvalue weighted by atomic mass is 16.6. The zero-order valence-electron chi connectivity index (χ0n) is 12.0. The van der Waals surface area contributed by atoms with Gasteiger partial charge in [0.2, 0.25) is 0 Å². The molecule has 1 aromatic rings. The Morgan fingerprint density at radius 1 is 1.25 bits per heavy atom. The molecular weight excluding hydrogens is 260 g/mol. The highest BCUT2D eigenvalue weighted by molar-refractivity contribution is 5.96. The molecule has 0 aliphatic carbocycles. The van der Waals surface area contributed by atoms with Gasteiger partial charge in [0, 0.05) is 5.57 Å². The van der Waals surface area contributed by atoms with Crippen molar-refractivity contribution in [2.45, 2.75) is 33.3 Å². The summed E-state index contributed by atoms with van der Waals surface area (Å²) in [7, 11) is 0. The van der Waals surface area contributed by atoms with Crippen molar-refractivity contribution in [3.8, 4) is 11.5 Å². The van der Waals surface area contributed by atoms with Gasteiger partial charge in [-0.05, 0) is 45.9 Å². The van der Waals surface area contributed by atoms with E-state index < -0.39 is 17.5 Å². The highest BCUT2D eigenvalue weighted by Gasteiger charge is 2.23. The summed E-state index contributed by atoms with van der Waals surface area (Å²) in [5, 5.41) is 9.46. The minimum Gasteiger partial charge on any atom is -0.508 e. The summed E-state index contributed by atoms with van der Waals surface area (Å²) in [4.78, 5) is 23.6. The van der Waals surface area contributed by atoms with E-state index >= 15 is 0 Å². The molecule has 5 nitrogen and oxygen atoms in total. The third kappa shape index (κ3) is 4.42. The number of aromatic hydroxyl groups is 1. The zero-order valence-corrected chi connectivity index (χ0v) is 12.0. The Hall–Kier alpha value is -2.30. The van der Waals surface area contributed by atoms with Gasteiger partial charge in [0.05, 0.1) is 0 Å². The molecule has 5 heteroatoms. The number of hydrogen-bond donors (Lipinski definition) is 1. The van der Waals surface area contributed by atoms with E-state index in [-0.39, 0.29) is 22.6 Å². The number of phenolic OH excluding ortho intramolecular Hbond substituents is 1. The highest BCUT2D eigenvalue weighted by Crippen LogP contribution is 2.26. The average molecular weight is 278 g/mol. The molecule has 20 heavy (non-hydrogen) atoms. The van der Waals surface area contributed by atoms with Gasteiger partial charge in [-0.15, -0.1) is 0 Å². The van der Waals surface area contributed by atoms with Gasteiger partial charge in [0.25, 0.3) is 0 Å². The number of hydrogen-bond acceptors (Lipinski definition) is 5. The molecule has 1 aromatic carbocycles. The largest absolute Gasteiger partial charge is 0.508 e. The van der Waals surface area contributed by atoms with Crippen LogP contribution in [0.2, 0.25) is 0 Å². The molecule has 0 aliphatic heterocycles. The Kier molecular flexibility index (Phi) is 4.55. The van der Waals surface area contributed by atoms with E-state index in [9.17, 15) is 14.7 Å². The van der Waals surface area contributed by atoms with Crippen LogP contribution in [-0.4, -0.2) is 22.6 Å². The number of phenols is 1. The maximum absolute atomic E-state index is 12.0. The van der Waals surface area contributed by atoms with Crippen LogP contribution in [0.25, 0.3) is 0 Å². The number of carbonyl (C=O) groups excluding carboxylic acids is 2. The van der Waals surface area contributed by atoms with Crippen molar-refractivity contribution in [2.75, 3.05) is 0 Å². The number of esters is 2. The summed E-state index contributed by atoms with van der Waals surface area (Å²) >= 11 is 0. The normalized spacial score (nSPS) is 10.8. The fourth-order valence-corrected chi connectivity index (χ4v) is 1.29. The van der Waals surface area contributed by atoms with Crippen molar-refractivity contribution < 1.29 is 24.2 Å². The first kappa shape index (κ1) is 15.8. The lowest BCUT2D eigenvalue weighted by atomic mass is 10.1.